The molecule has 0 bridgehead atoms. The number of fused-ring (bicyclic) bond motifs is 1. The highest BCUT2D eigenvalue weighted by molar-refractivity contribution is 5.79. The molecular formula is C18H25NO2. The summed E-state index contributed by atoms with van der Waals surface area (Å²) in [5.41, 5.74) is 2.73. The predicted molar refractivity (Wildman–Crippen MR) is 82.9 cm³/mol. The van der Waals surface area contributed by atoms with Gasteiger partial charge in [-0.05, 0) is 55.1 Å². The van der Waals surface area contributed by atoms with E-state index in [4.69, 9.17) is 0 Å². The van der Waals surface area contributed by atoms with Gasteiger partial charge in [0.05, 0.1) is 0 Å². The second kappa shape index (κ2) is 6.61. The highest BCUT2D eigenvalue weighted by Crippen LogP contribution is 2.31. The van der Waals surface area contributed by atoms with Gasteiger partial charge in [0.1, 0.15) is 0 Å². The summed E-state index contributed by atoms with van der Waals surface area (Å²) in [6, 6.07) is 8.46. The summed E-state index contributed by atoms with van der Waals surface area (Å²) in [7, 11) is 0. The van der Waals surface area contributed by atoms with Crippen LogP contribution in [0.5, 0.6) is 0 Å². The SMILES string of the molecule is O=C(NCC1CCCC1CO)C1CCc2ccccc2C1. The molecule has 3 rings (SSSR count). The average Bonchev–Trinajstić information content (AvgIpc) is 2.99. The lowest BCUT2D eigenvalue weighted by molar-refractivity contribution is -0.125. The molecule has 0 heterocycles. The fourth-order valence-electron chi connectivity index (χ4n) is 3.92. The van der Waals surface area contributed by atoms with E-state index < -0.39 is 0 Å². The van der Waals surface area contributed by atoms with Crippen molar-refractivity contribution in [1.82, 2.24) is 5.32 Å². The maximum absolute atomic E-state index is 12.4. The number of aryl methyl sites for hydroxylation is 1. The van der Waals surface area contributed by atoms with Gasteiger partial charge in [0.15, 0.2) is 0 Å². The van der Waals surface area contributed by atoms with Crippen molar-refractivity contribution in [1.29, 1.82) is 0 Å². The maximum Gasteiger partial charge on any atom is 0.223 e. The Morgan fingerprint density at radius 2 is 1.90 bits per heavy atom. The molecule has 1 aromatic rings. The van der Waals surface area contributed by atoms with E-state index in [0.717, 1.165) is 38.6 Å². The number of rotatable bonds is 4. The van der Waals surface area contributed by atoms with Crippen LogP contribution in [0, 0.1) is 17.8 Å². The van der Waals surface area contributed by atoms with Gasteiger partial charge in [-0.2, -0.15) is 0 Å². The van der Waals surface area contributed by atoms with Crippen LogP contribution >= 0.6 is 0 Å². The predicted octanol–water partition coefficient (Wildman–Crippen LogP) is 2.32. The molecule has 3 nitrogen and oxygen atoms in total. The van der Waals surface area contributed by atoms with E-state index >= 15 is 0 Å². The van der Waals surface area contributed by atoms with Crippen molar-refractivity contribution in [3.05, 3.63) is 35.4 Å². The minimum Gasteiger partial charge on any atom is -0.396 e. The van der Waals surface area contributed by atoms with Gasteiger partial charge >= 0.3 is 0 Å². The summed E-state index contributed by atoms with van der Waals surface area (Å²) in [5.74, 6) is 1.18. The van der Waals surface area contributed by atoms with Crippen LogP contribution < -0.4 is 5.32 Å². The molecule has 2 N–H and O–H groups in total. The third-order valence-corrected chi connectivity index (χ3v) is 5.31. The van der Waals surface area contributed by atoms with Gasteiger partial charge in [-0.1, -0.05) is 30.7 Å². The normalized spacial score (nSPS) is 28.1. The molecular weight excluding hydrogens is 262 g/mol. The zero-order valence-electron chi connectivity index (χ0n) is 12.6. The summed E-state index contributed by atoms with van der Waals surface area (Å²) in [6.45, 7) is 1.000. The molecule has 1 aromatic carbocycles. The first-order chi connectivity index (χ1) is 10.3. The van der Waals surface area contributed by atoms with E-state index in [1.54, 1.807) is 0 Å². The molecule has 0 saturated heterocycles. The van der Waals surface area contributed by atoms with Gasteiger partial charge in [-0.25, -0.2) is 0 Å². The molecule has 0 radical (unpaired) electrons. The first kappa shape index (κ1) is 14.6. The van der Waals surface area contributed by atoms with E-state index in [1.165, 1.54) is 17.5 Å². The van der Waals surface area contributed by atoms with Gasteiger partial charge in [0.2, 0.25) is 5.91 Å². The lowest BCUT2D eigenvalue weighted by Crippen LogP contribution is -2.37. The lowest BCUT2D eigenvalue weighted by Gasteiger charge is -2.25. The number of carbonyl (C=O) groups is 1. The van der Waals surface area contributed by atoms with E-state index in [1.807, 2.05) is 0 Å². The van der Waals surface area contributed by atoms with Crippen LogP contribution in [0.25, 0.3) is 0 Å². The molecule has 1 fully saturated rings. The van der Waals surface area contributed by atoms with Crippen molar-refractivity contribution in [2.45, 2.75) is 38.5 Å². The molecule has 0 aromatic heterocycles. The topological polar surface area (TPSA) is 49.3 Å². The molecule has 1 saturated carbocycles. The van der Waals surface area contributed by atoms with Gasteiger partial charge in [-0.3, -0.25) is 4.79 Å². The Morgan fingerprint density at radius 1 is 1.14 bits per heavy atom. The average molecular weight is 287 g/mol. The second-order valence-corrected chi connectivity index (χ2v) is 6.59. The minimum atomic E-state index is 0.119. The minimum absolute atomic E-state index is 0.119. The monoisotopic (exact) mass is 287 g/mol. The fourth-order valence-corrected chi connectivity index (χ4v) is 3.92. The van der Waals surface area contributed by atoms with Crippen LogP contribution in [0.4, 0.5) is 0 Å². The van der Waals surface area contributed by atoms with E-state index in [2.05, 4.69) is 29.6 Å². The summed E-state index contributed by atoms with van der Waals surface area (Å²) < 4.78 is 0. The van der Waals surface area contributed by atoms with Crippen molar-refractivity contribution < 1.29 is 9.90 Å². The molecule has 0 spiro atoms. The molecule has 0 aliphatic heterocycles. The number of nitrogens with one attached hydrogen (secondary N) is 1. The zero-order valence-corrected chi connectivity index (χ0v) is 12.6. The molecule has 3 unspecified atom stereocenters. The number of aliphatic hydroxyl groups is 1. The maximum atomic E-state index is 12.4. The Kier molecular flexibility index (Phi) is 4.59. The van der Waals surface area contributed by atoms with Crippen molar-refractivity contribution in [2.24, 2.45) is 17.8 Å². The van der Waals surface area contributed by atoms with Gasteiger partial charge in [0.25, 0.3) is 0 Å². The third kappa shape index (κ3) is 3.29. The number of hydrogen-bond acceptors (Lipinski definition) is 2. The first-order valence-electron chi connectivity index (χ1n) is 8.23. The number of carbonyl (C=O) groups excluding carboxylic acids is 1. The summed E-state index contributed by atoms with van der Waals surface area (Å²) in [6.07, 6.45) is 6.26. The first-order valence-corrected chi connectivity index (χ1v) is 8.23. The Balaban J connectivity index is 1.52. The summed E-state index contributed by atoms with van der Waals surface area (Å²) >= 11 is 0. The van der Waals surface area contributed by atoms with Gasteiger partial charge < -0.3 is 10.4 Å². The second-order valence-electron chi connectivity index (χ2n) is 6.59. The molecule has 2 aliphatic carbocycles. The van der Waals surface area contributed by atoms with E-state index in [-0.39, 0.29) is 18.4 Å². The molecule has 3 heteroatoms. The van der Waals surface area contributed by atoms with Crippen molar-refractivity contribution in [3.63, 3.8) is 0 Å². The number of amides is 1. The zero-order chi connectivity index (χ0) is 14.7. The standard InChI is InChI=1S/C18H25NO2/c20-12-17-7-3-6-16(17)11-19-18(21)15-9-8-13-4-1-2-5-14(13)10-15/h1-2,4-5,15-17,20H,3,6-12H2,(H,19,21). The molecule has 21 heavy (non-hydrogen) atoms. The Hall–Kier alpha value is -1.35. The third-order valence-electron chi connectivity index (χ3n) is 5.31. The van der Waals surface area contributed by atoms with Gasteiger partial charge in [-0.15, -0.1) is 0 Å². The molecule has 1 amide bonds. The highest BCUT2D eigenvalue weighted by atomic mass is 16.3. The van der Waals surface area contributed by atoms with Gasteiger partial charge in [0, 0.05) is 19.1 Å². The lowest BCUT2D eigenvalue weighted by atomic mass is 9.83. The number of hydrogen-bond donors (Lipinski definition) is 2. The van der Waals surface area contributed by atoms with E-state index in [0.29, 0.717) is 11.8 Å². The number of aliphatic hydroxyl groups excluding tert-OH is 1. The molecule has 114 valence electrons. The Morgan fingerprint density at radius 3 is 2.71 bits per heavy atom. The summed E-state index contributed by atoms with van der Waals surface area (Å²) in [4.78, 5) is 12.4. The van der Waals surface area contributed by atoms with Crippen molar-refractivity contribution >= 4 is 5.91 Å². The highest BCUT2D eigenvalue weighted by Gasteiger charge is 2.29. The fraction of sp³-hybridized carbons (Fsp3) is 0.611. The van der Waals surface area contributed by atoms with E-state index in [9.17, 15) is 9.90 Å². The number of benzene rings is 1. The summed E-state index contributed by atoms with van der Waals surface area (Å²) in [5, 5.41) is 12.5. The molecule has 3 atom stereocenters. The largest absolute Gasteiger partial charge is 0.396 e. The quantitative estimate of drug-likeness (QED) is 0.893. The van der Waals surface area contributed by atoms with Crippen LogP contribution in [0.1, 0.15) is 36.8 Å². The van der Waals surface area contributed by atoms with Crippen LogP contribution in [-0.4, -0.2) is 24.2 Å². The van der Waals surface area contributed by atoms with Crippen LogP contribution in [0.2, 0.25) is 0 Å². The van der Waals surface area contributed by atoms with Crippen molar-refractivity contribution in [3.8, 4) is 0 Å². The van der Waals surface area contributed by atoms with Crippen LogP contribution in [0.3, 0.4) is 0 Å². The smallest absolute Gasteiger partial charge is 0.223 e. The van der Waals surface area contributed by atoms with Crippen LogP contribution in [0.15, 0.2) is 24.3 Å². The Labute approximate surface area is 126 Å². The Bertz CT molecular complexity index is 500. The van der Waals surface area contributed by atoms with Crippen LogP contribution in [-0.2, 0) is 17.6 Å². The molecule has 2 aliphatic rings. The van der Waals surface area contributed by atoms with Crippen molar-refractivity contribution in [2.75, 3.05) is 13.2 Å².